The summed E-state index contributed by atoms with van der Waals surface area (Å²) in [6.07, 6.45) is -1.11. The molecule has 0 spiro atoms. The molecule has 0 rings (SSSR count). The van der Waals surface area contributed by atoms with Gasteiger partial charge < -0.3 is 9.84 Å². The van der Waals surface area contributed by atoms with E-state index < -0.39 is 23.8 Å². The van der Waals surface area contributed by atoms with Crippen LogP contribution >= 0.6 is 0 Å². The van der Waals surface area contributed by atoms with Gasteiger partial charge in [0.25, 0.3) is 0 Å². The first kappa shape index (κ1) is 15.8. The SMILES string of the molecule is CC(C)OC[C@@H](O)CC(C(=O)NN)C(=O)NN. The molecule has 0 saturated carbocycles. The zero-order valence-corrected chi connectivity index (χ0v) is 9.97. The minimum atomic E-state index is -1.14. The van der Waals surface area contributed by atoms with Crippen molar-refractivity contribution in [2.45, 2.75) is 32.5 Å². The van der Waals surface area contributed by atoms with Crippen LogP contribution in [0.3, 0.4) is 0 Å². The highest BCUT2D eigenvalue weighted by Crippen LogP contribution is 2.08. The standard InChI is InChI=1S/C9H20N4O4/c1-5(2)17-4-6(14)3-7(8(15)12-10)9(16)13-11/h5-7,14H,3-4,10-11H2,1-2H3,(H,12,15)(H,13,16)/t6-/m0/s1. The van der Waals surface area contributed by atoms with E-state index in [4.69, 9.17) is 16.4 Å². The topological polar surface area (TPSA) is 140 Å². The Labute approximate surface area is 99.6 Å². The van der Waals surface area contributed by atoms with Gasteiger partial charge in [0, 0.05) is 0 Å². The van der Waals surface area contributed by atoms with Crippen molar-refractivity contribution < 1.29 is 19.4 Å². The maximum absolute atomic E-state index is 11.3. The monoisotopic (exact) mass is 248 g/mol. The molecule has 0 aliphatic rings. The normalized spacial score (nSPS) is 12.6. The number of aliphatic hydroxyl groups is 1. The van der Waals surface area contributed by atoms with Crippen molar-refractivity contribution >= 4 is 11.8 Å². The van der Waals surface area contributed by atoms with Gasteiger partial charge >= 0.3 is 0 Å². The van der Waals surface area contributed by atoms with Crippen molar-refractivity contribution in [1.82, 2.24) is 10.9 Å². The summed E-state index contributed by atoms with van der Waals surface area (Å²) in [6.45, 7) is 3.65. The minimum absolute atomic E-state index is 0.0316. The number of carbonyl (C=O) groups is 2. The summed E-state index contributed by atoms with van der Waals surface area (Å²) < 4.78 is 5.16. The molecule has 100 valence electrons. The number of nitrogens with two attached hydrogens (primary N) is 2. The summed E-state index contributed by atoms with van der Waals surface area (Å²) in [6, 6.07) is 0. The Kier molecular flexibility index (Phi) is 7.39. The van der Waals surface area contributed by atoms with Crippen LogP contribution in [0.2, 0.25) is 0 Å². The molecule has 0 fully saturated rings. The third-order valence-electron chi connectivity index (χ3n) is 2.05. The van der Waals surface area contributed by atoms with Crippen molar-refractivity contribution in [2.24, 2.45) is 17.6 Å². The van der Waals surface area contributed by atoms with Crippen molar-refractivity contribution in [1.29, 1.82) is 0 Å². The van der Waals surface area contributed by atoms with E-state index >= 15 is 0 Å². The van der Waals surface area contributed by atoms with Gasteiger partial charge in [0.1, 0.15) is 5.92 Å². The third-order valence-corrected chi connectivity index (χ3v) is 2.05. The van der Waals surface area contributed by atoms with Crippen LogP contribution in [-0.4, -0.2) is 35.7 Å². The fourth-order valence-corrected chi connectivity index (χ4v) is 1.18. The Morgan fingerprint density at radius 2 is 1.71 bits per heavy atom. The molecule has 0 aliphatic carbocycles. The van der Waals surface area contributed by atoms with Crippen molar-refractivity contribution in [2.75, 3.05) is 6.61 Å². The number of amides is 2. The first-order valence-electron chi connectivity index (χ1n) is 5.22. The van der Waals surface area contributed by atoms with Gasteiger partial charge in [0.2, 0.25) is 11.8 Å². The van der Waals surface area contributed by atoms with Crippen LogP contribution < -0.4 is 22.5 Å². The first-order chi connectivity index (χ1) is 7.92. The van der Waals surface area contributed by atoms with Gasteiger partial charge in [-0.25, -0.2) is 11.7 Å². The second-order valence-electron chi connectivity index (χ2n) is 3.84. The molecule has 0 aromatic heterocycles. The van der Waals surface area contributed by atoms with Gasteiger partial charge in [-0.1, -0.05) is 0 Å². The van der Waals surface area contributed by atoms with Gasteiger partial charge in [-0.3, -0.25) is 20.4 Å². The van der Waals surface area contributed by atoms with Crippen LogP contribution in [0.25, 0.3) is 0 Å². The lowest BCUT2D eigenvalue weighted by molar-refractivity contribution is -0.137. The average molecular weight is 248 g/mol. The number of hydrogen-bond acceptors (Lipinski definition) is 6. The highest BCUT2D eigenvalue weighted by molar-refractivity contribution is 5.99. The molecule has 0 aromatic rings. The molecule has 1 atom stereocenters. The number of aliphatic hydroxyl groups excluding tert-OH is 1. The number of hydrogen-bond donors (Lipinski definition) is 5. The second-order valence-corrected chi connectivity index (χ2v) is 3.84. The summed E-state index contributed by atoms with van der Waals surface area (Å²) in [4.78, 5) is 22.6. The molecule has 0 unspecified atom stereocenters. The Hall–Kier alpha value is -1.22. The molecule has 0 heterocycles. The highest BCUT2D eigenvalue weighted by atomic mass is 16.5. The summed E-state index contributed by atoms with van der Waals surface area (Å²) in [7, 11) is 0. The van der Waals surface area contributed by atoms with Gasteiger partial charge in [-0.2, -0.15) is 0 Å². The third kappa shape index (κ3) is 6.17. The molecule has 2 amide bonds. The van der Waals surface area contributed by atoms with Crippen LogP contribution in [0.4, 0.5) is 0 Å². The largest absolute Gasteiger partial charge is 0.391 e. The van der Waals surface area contributed by atoms with E-state index in [2.05, 4.69) is 0 Å². The van der Waals surface area contributed by atoms with Crippen LogP contribution in [0.1, 0.15) is 20.3 Å². The number of ether oxygens (including phenoxy) is 1. The maximum Gasteiger partial charge on any atom is 0.246 e. The van der Waals surface area contributed by atoms with Crippen molar-refractivity contribution in [3.63, 3.8) is 0 Å². The maximum atomic E-state index is 11.3. The summed E-state index contributed by atoms with van der Waals surface area (Å²) in [5.41, 5.74) is 3.69. The second kappa shape index (κ2) is 7.96. The lowest BCUT2D eigenvalue weighted by Crippen LogP contribution is -2.47. The fraction of sp³-hybridized carbons (Fsp3) is 0.778. The quantitative estimate of drug-likeness (QED) is 0.149. The molecule has 0 saturated heterocycles. The highest BCUT2D eigenvalue weighted by Gasteiger charge is 2.28. The van der Waals surface area contributed by atoms with E-state index in [0.717, 1.165) is 0 Å². The van der Waals surface area contributed by atoms with Gasteiger partial charge in [0.15, 0.2) is 0 Å². The number of carbonyl (C=O) groups excluding carboxylic acids is 2. The molecule has 0 aliphatic heterocycles. The van der Waals surface area contributed by atoms with E-state index in [1.165, 1.54) is 0 Å². The van der Waals surface area contributed by atoms with Crippen LogP contribution in [-0.2, 0) is 14.3 Å². The Bertz CT molecular complexity index is 243. The molecule has 0 bridgehead atoms. The molecule has 0 aromatic carbocycles. The number of rotatable bonds is 7. The van der Waals surface area contributed by atoms with Gasteiger partial charge in [0.05, 0.1) is 18.8 Å². The smallest absolute Gasteiger partial charge is 0.246 e. The Balaban J connectivity index is 4.33. The molecule has 8 heteroatoms. The van der Waals surface area contributed by atoms with Crippen molar-refractivity contribution in [3.8, 4) is 0 Å². The minimum Gasteiger partial charge on any atom is -0.391 e. The molecular formula is C9H20N4O4. The number of hydrazine groups is 2. The zero-order valence-electron chi connectivity index (χ0n) is 9.97. The van der Waals surface area contributed by atoms with Crippen LogP contribution in [0.5, 0.6) is 0 Å². The van der Waals surface area contributed by atoms with Crippen LogP contribution in [0, 0.1) is 5.92 Å². The molecule has 0 radical (unpaired) electrons. The van der Waals surface area contributed by atoms with E-state index in [-0.39, 0.29) is 19.1 Å². The lowest BCUT2D eigenvalue weighted by Gasteiger charge is -2.18. The Morgan fingerprint density at radius 1 is 1.24 bits per heavy atom. The fourth-order valence-electron chi connectivity index (χ4n) is 1.18. The Morgan fingerprint density at radius 3 is 2.06 bits per heavy atom. The van der Waals surface area contributed by atoms with E-state index in [0.29, 0.717) is 0 Å². The zero-order chi connectivity index (χ0) is 13.4. The first-order valence-corrected chi connectivity index (χ1v) is 5.22. The van der Waals surface area contributed by atoms with E-state index in [1.54, 1.807) is 0 Å². The van der Waals surface area contributed by atoms with Gasteiger partial charge in [-0.05, 0) is 20.3 Å². The van der Waals surface area contributed by atoms with E-state index in [9.17, 15) is 14.7 Å². The lowest BCUT2D eigenvalue weighted by atomic mass is 10.0. The molecule has 7 N–H and O–H groups in total. The van der Waals surface area contributed by atoms with E-state index in [1.807, 2.05) is 24.7 Å². The summed E-state index contributed by atoms with van der Waals surface area (Å²) in [5, 5.41) is 9.59. The predicted molar refractivity (Wildman–Crippen MR) is 59.9 cm³/mol. The molecule has 8 nitrogen and oxygen atoms in total. The number of nitrogens with one attached hydrogen (secondary N) is 2. The predicted octanol–water partition coefficient (Wildman–Crippen LogP) is -2.24. The van der Waals surface area contributed by atoms with Crippen LogP contribution in [0.15, 0.2) is 0 Å². The summed E-state index contributed by atoms with van der Waals surface area (Å²) in [5.74, 6) is 7.29. The summed E-state index contributed by atoms with van der Waals surface area (Å²) >= 11 is 0. The molecular weight excluding hydrogens is 228 g/mol. The van der Waals surface area contributed by atoms with Gasteiger partial charge in [-0.15, -0.1) is 0 Å². The van der Waals surface area contributed by atoms with Crippen molar-refractivity contribution in [3.05, 3.63) is 0 Å². The molecule has 17 heavy (non-hydrogen) atoms. The average Bonchev–Trinajstić information content (AvgIpc) is 2.31.